The standard InChI is InChI=1S/C19H20ClN3O2S/c1-23(11-12-25-16-8-6-15(20)7-9-16)14-19(24)22-17-4-2-3-5-18(17)26-13-10-21/h2-9H,11-14H2,1H3,(H,22,24)/p+1. The maximum atomic E-state index is 12.3. The van der Waals surface area contributed by atoms with Crippen LogP contribution in [0.4, 0.5) is 5.69 Å². The van der Waals surface area contributed by atoms with Gasteiger partial charge in [0, 0.05) is 9.92 Å². The fourth-order valence-electron chi connectivity index (χ4n) is 2.24. The van der Waals surface area contributed by atoms with Crippen LogP contribution < -0.4 is 15.0 Å². The largest absolute Gasteiger partial charge is 0.488 e. The second kappa shape index (κ2) is 10.7. The summed E-state index contributed by atoms with van der Waals surface area (Å²) in [6, 6.07) is 16.8. The van der Waals surface area contributed by atoms with E-state index in [4.69, 9.17) is 21.6 Å². The van der Waals surface area contributed by atoms with Gasteiger partial charge in [0.1, 0.15) is 18.9 Å². The molecule has 2 N–H and O–H groups in total. The summed E-state index contributed by atoms with van der Waals surface area (Å²) in [5, 5.41) is 12.3. The zero-order valence-electron chi connectivity index (χ0n) is 14.5. The van der Waals surface area contributed by atoms with Gasteiger partial charge in [-0.15, -0.1) is 11.8 Å². The maximum absolute atomic E-state index is 12.3. The first-order valence-corrected chi connectivity index (χ1v) is 9.53. The lowest BCUT2D eigenvalue weighted by molar-refractivity contribution is -0.871. The first kappa shape index (κ1) is 20.1. The second-order valence-corrected chi connectivity index (χ2v) is 7.13. The van der Waals surface area contributed by atoms with Crippen molar-refractivity contribution in [1.82, 2.24) is 0 Å². The van der Waals surface area contributed by atoms with Gasteiger partial charge in [0.25, 0.3) is 5.91 Å². The molecule has 2 rings (SSSR count). The number of thioether (sulfide) groups is 1. The number of quaternary nitrogens is 1. The maximum Gasteiger partial charge on any atom is 0.279 e. The minimum Gasteiger partial charge on any atom is -0.488 e. The lowest BCUT2D eigenvalue weighted by Crippen LogP contribution is -3.10. The van der Waals surface area contributed by atoms with E-state index in [1.54, 1.807) is 12.1 Å². The first-order valence-electron chi connectivity index (χ1n) is 8.17. The third-order valence-corrected chi connectivity index (χ3v) is 4.72. The average Bonchev–Trinajstić information content (AvgIpc) is 2.62. The minimum absolute atomic E-state index is 0.0704. The number of hydrogen-bond donors (Lipinski definition) is 2. The van der Waals surface area contributed by atoms with Crippen molar-refractivity contribution in [3.8, 4) is 11.8 Å². The van der Waals surface area contributed by atoms with Crippen LogP contribution in [-0.4, -0.2) is 38.4 Å². The highest BCUT2D eigenvalue weighted by Crippen LogP contribution is 2.26. The van der Waals surface area contributed by atoms with Gasteiger partial charge in [-0.1, -0.05) is 23.7 Å². The summed E-state index contributed by atoms with van der Waals surface area (Å²) in [6.07, 6.45) is 0. The van der Waals surface area contributed by atoms with E-state index < -0.39 is 0 Å². The number of carbonyl (C=O) groups excluding carboxylic acids is 1. The Labute approximate surface area is 162 Å². The van der Waals surface area contributed by atoms with Crippen molar-refractivity contribution in [3.63, 3.8) is 0 Å². The fraction of sp³-hybridized carbons (Fsp3) is 0.263. The quantitative estimate of drug-likeness (QED) is 0.645. The molecule has 0 heterocycles. The van der Waals surface area contributed by atoms with Crippen LogP contribution in [-0.2, 0) is 4.79 Å². The molecule has 5 nitrogen and oxygen atoms in total. The first-order chi connectivity index (χ1) is 12.6. The number of hydrogen-bond acceptors (Lipinski definition) is 4. The Bertz CT molecular complexity index is 762. The number of nitrogens with one attached hydrogen (secondary N) is 2. The topological polar surface area (TPSA) is 66.6 Å². The van der Waals surface area contributed by atoms with Gasteiger partial charge in [-0.2, -0.15) is 5.26 Å². The van der Waals surface area contributed by atoms with Crippen molar-refractivity contribution in [2.24, 2.45) is 0 Å². The predicted molar refractivity (Wildman–Crippen MR) is 105 cm³/mol. The molecule has 0 aliphatic rings. The highest BCUT2D eigenvalue weighted by molar-refractivity contribution is 7.99. The summed E-state index contributed by atoms with van der Waals surface area (Å²) >= 11 is 7.25. The number of halogens is 1. The molecule has 0 aliphatic heterocycles. The van der Waals surface area contributed by atoms with Crippen LogP contribution in [0.25, 0.3) is 0 Å². The fourth-order valence-corrected chi connectivity index (χ4v) is 3.03. The Hall–Kier alpha value is -2.20. The molecule has 0 spiro atoms. The molecular weight excluding hydrogens is 370 g/mol. The van der Waals surface area contributed by atoms with Gasteiger partial charge in [-0.05, 0) is 36.4 Å². The molecule has 7 heteroatoms. The van der Waals surface area contributed by atoms with Crippen LogP contribution in [0.15, 0.2) is 53.4 Å². The number of ether oxygens (including phenoxy) is 1. The molecule has 1 atom stereocenters. The van der Waals surface area contributed by atoms with E-state index in [1.165, 1.54) is 11.8 Å². The molecule has 136 valence electrons. The number of benzene rings is 2. The molecule has 0 radical (unpaired) electrons. The summed E-state index contributed by atoms with van der Waals surface area (Å²) in [7, 11) is 1.95. The lowest BCUT2D eigenvalue weighted by Gasteiger charge is -2.15. The molecule has 0 saturated heterocycles. The van der Waals surface area contributed by atoms with E-state index in [9.17, 15) is 4.79 Å². The van der Waals surface area contributed by atoms with Crippen molar-refractivity contribution < 1.29 is 14.4 Å². The van der Waals surface area contributed by atoms with Crippen LogP contribution in [0, 0.1) is 11.3 Å². The Kier molecular flexibility index (Phi) is 8.29. The third-order valence-electron chi connectivity index (χ3n) is 3.53. The number of carbonyl (C=O) groups is 1. The van der Waals surface area contributed by atoms with E-state index in [1.807, 2.05) is 43.4 Å². The number of amides is 1. The smallest absolute Gasteiger partial charge is 0.279 e. The van der Waals surface area contributed by atoms with E-state index in [0.29, 0.717) is 30.5 Å². The Morgan fingerprint density at radius 1 is 1.27 bits per heavy atom. The van der Waals surface area contributed by atoms with Crippen molar-refractivity contribution in [3.05, 3.63) is 53.6 Å². The molecule has 0 aliphatic carbocycles. The molecule has 1 amide bonds. The minimum atomic E-state index is -0.0704. The van der Waals surface area contributed by atoms with E-state index in [-0.39, 0.29) is 5.91 Å². The highest BCUT2D eigenvalue weighted by atomic mass is 35.5. The molecular formula is C19H21ClN3O2S+. The van der Waals surface area contributed by atoms with Crippen LogP contribution in [0.1, 0.15) is 0 Å². The molecule has 2 aromatic rings. The van der Waals surface area contributed by atoms with Crippen molar-refractivity contribution in [2.75, 3.05) is 37.8 Å². The number of rotatable bonds is 9. The van der Waals surface area contributed by atoms with Gasteiger partial charge >= 0.3 is 0 Å². The number of nitriles is 1. The zero-order chi connectivity index (χ0) is 18.8. The Balaban J connectivity index is 1.76. The van der Waals surface area contributed by atoms with Crippen molar-refractivity contribution in [2.45, 2.75) is 4.90 Å². The summed E-state index contributed by atoms with van der Waals surface area (Å²) in [5.74, 6) is 1.04. The Morgan fingerprint density at radius 3 is 2.73 bits per heavy atom. The van der Waals surface area contributed by atoms with Crippen LogP contribution in [0.3, 0.4) is 0 Å². The molecule has 0 bridgehead atoms. The molecule has 2 aromatic carbocycles. The summed E-state index contributed by atoms with van der Waals surface area (Å²) in [5.41, 5.74) is 0.739. The zero-order valence-corrected chi connectivity index (χ0v) is 16.1. The van der Waals surface area contributed by atoms with Gasteiger partial charge in [-0.3, -0.25) is 4.79 Å². The van der Waals surface area contributed by atoms with Gasteiger partial charge in [-0.25, -0.2) is 0 Å². The van der Waals surface area contributed by atoms with E-state index in [2.05, 4.69) is 11.4 Å². The van der Waals surface area contributed by atoms with Gasteiger partial charge in [0.15, 0.2) is 6.54 Å². The van der Waals surface area contributed by atoms with Crippen LogP contribution in [0.2, 0.25) is 5.02 Å². The highest BCUT2D eigenvalue weighted by Gasteiger charge is 2.12. The number of likely N-dealkylation sites (N-methyl/N-ethyl adjacent to an activating group) is 1. The molecule has 26 heavy (non-hydrogen) atoms. The molecule has 0 fully saturated rings. The van der Waals surface area contributed by atoms with Gasteiger partial charge < -0.3 is 15.0 Å². The monoisotopic (exact) mass is 390 g/mol. The van der Waals surface area contributed by atoms with Crippen LogP contribution >= 0.6 is 23.4 Å². The van der Waals surface area contributed by atoms with Gasteiger partial charge in [0.05, 0.1) is 24.6 Å². The second-order valence-electron chi connectivity index (χ2n) is 5.68. The molecule has 0 saturated carbocycles. The molecule has 0 aromatic heterocycles. The summed E-state index contributed by atoms with van der Waals surface area (Å²) in [6.45, 7) is 1.54. The van der Waals surface area contributed by atoms with E-state index >= 15 is 0 Å². The summed E-state index contributed by atoms with van der Waals surface area (Å²) < 4.78 is 5.65. The normalized spacial score (nSPS) is 11.4. The summed E-state index contributed by atoms with van der Waals surface area (Å²) in [4.78, 5) is 14.2. The van der Waals surface area contributed by atoms with Crippen molar-refractivity contribution in [1.29, 1.82) is 5.26 Å². The average molecular weight is 391 g/mol. The SMILES string of the molecule is C[NH+](CCOc1ccc(Cl)cc1)CC(=O)Nc1ccccc1SCC#N. The lowest BCUT2D eigenvalue weighted by atomic mass is 10.3. The third kappa shape index (κ3) is 6.96. The van der Waals surface area contributed by atoms with Crippen molar-refractivity contribution >= 4 is 35.0 Å². The van der Waals surface area contributed by atoms with Gasteiger partial charge in [0.2, 0.25) is 0 Å². The van der Waals surface area contributed by atoms with E-state index in [0.717, 1.165) is 21.2 Å². The number of anilines is 1. The molecule has 1 unspecified atom stereocenters. The Morgan fingerprint density at radius 2 is 2.00 bits per heavy atom. The van der Waals surface area contributed by atoms with Crippen LogP contribution in [0.5, 0.6) is 5.75 Å². The predicted octanol–water partition coefficient (Wildman–Crippen LogP) is 2.49. The number of nitrogens with zero attached hydrogens (tertiary/aromatic N) is 1. The number of para-hydroxylation sites is 1.